The molecule has 0 unspecified atom stereocenters. The average Bonchev–Trinajstić information content (AvgIpc) is 3.16. The number of hydrogen-bond donors (Lipinski definition) is 1. The highest BCUT2D eigenvalue weighted by atomic mass is 32.2. The van der Waals surface area contributed by atoms with E-state index >= 15 is 4.39 Å². The van der Waals surface area contributed by atoms with Crippen LogP contribution >= 0.6 is 0 Å². The summed E-state index contributed by atoms with van der Waals surface area (Å²) in [6.07, 6.45) is 2.39. The Morgan fingerprint density at radius 3 is 1.69 bits per heavy atom. The summed E-state index contributed by atoms with van der Waals surface area (Å²) in [5.41, 5.74) is 2.12. The van der Waals surface area contributed by atoms with Crippen molar-refractivity contribution in [2.75, 3.05) is 12.8 Å². The van der Waals surface area contributed by atoms with E-state index in [0.717, 1.165) is 22.9 Å². The molecule has 4 aromatic rings. The first-order chi connectivity index (χ1) is 15.4. The van der Waals surface area contributed by atoms with Crippen LogP contribution in [0.5, 0.6) is 0 Å². The lowest BCUT2D eigenvalue weighted by Gasteiger charge is -2.37. The number of rotatable bonds is 8. The minimum Gasteiger partial charge on any atom is -0.289 e. The van der Waals surface area contributed by atoms with E-state index in [4.69, 9.17) is 0 Å². The van der Waals surface area contributed by atoms with Crippen LogP contribution in [0.1, 0.15) is 22.4 Å². The quantitative estimate of drug-likeness (QED) is 0.414. The molecule has 0 aliphatic rings. The second-order valence-electron chi connectivity index (χ2n) is 7.60. The Labute approximate surface area is 187 Å². The molecule has 0 atom stereocenters. The van der Waals surface area contributed by atoms with Crippen LogP contribution < -0.4 is 4.72 Å². The average molecular weight is 450 g/mol. The lowest BCUT2D eigenvalue weighted by Crippen LogP contribution is -2.38. The molecule has 0 bridgehead atoms. The van der Waals surface area contributed by atoms with Gasteiger partial charge in [0.2, 0.25) is 10.0 Å². The Bertz CT molecular complexity index is 1180. The van der Waals surface area contributed by atoms with E-state index < -0.39 is 21.6 Å². The van der Waals surface area contributed by atoms with Gasteiger partial charge in [-0.3, -0.25) is 4.57 Å². The minimum atomic E-state index is -3.33. The van der Waals surface area contributed by atoms with Gasteiger partial charge in [-0.25, -0.2) is 18.1 Å². The molecular weight excluding hydrogens is 425 g/mol. The van der Waals surface area contributed by atoms with Gasteiger partial charge in [0.25, 0.3) is 6.08 Å². The summed E-state index contributed by atoms with van der Waals surface area (Å²) in [5.74, 6) is 0. The summed E-state index contributed by atoms with van der Waals surface area (Å²) in [6.45, 7) is 0.143. The van der Waals surface area contributed by atoms with Gasteiger partial charge >= 0.3 is 0 Å². The van der Waals surface area contributed by atoms with Crippen LogP contribution in [0.2, 0.25) is 0 Å². The van der Waals surface area contributed by atoms with E-state index in [1.54, 1.807) is 10.8 Å². The van der Waals surface area contributed by atoms with Crippen LogP contribution in [0, 0.1) is 6.08 Å². The molecular formula is C25H24FN3O2S. The maximum Gasteiger partial charge on any atom is 0.290 e. The number of halogens is 1. The van der Waals surface area contributed by atoms with Crippen molar-refractivity contribution in [3.05, 3.63) is 126 Å². The van der Waals surface area contributed by atoms with Gasteiger partial charge in [-0.15, -0.1) is 0 Å². The molecule has 1 aromatic heterocycles. The van der Waals surface area contributed by atoms with E-state index in [-0.39, 0.29) is 13.0 Å². The molecule has 1 heterocycles. The third-order valence-electron chi connectivity index (χ3n) is 5.39. The maximum atomic E-state index is 15.5. The fraction of sp³-hybridized carbons (Fsp3) is 0.160. The third kappa shape index (κ3) is 4.35. The summed E-state index contributed by atoms with van der Waals surface area (Å²) in [6, 6.07) is 29.2. The Morgan fingerprint density at radius 2 is 1.28 bits per heavy atom. The first kappa shape index (κ1) is 21.9. The Balaban J connectivity index is 1.93. The van der Waals surface area contributed by atoms with Crippen LogP contribution in [-0.4, -0.2) is 30.8 Å². The van der Waals surface area contributed by atoms with Gasteiger partial charge in [0.05, 0.1) is 11.9 Å². The number of imidazole rings is 1. The number of benzene rings is 3. The van der Waals surface area contributed by atoms with Crippen molar-refractivity contribution in [1.29, 1.82) is 0 Å². The third-order valence-corrected chi connectivity index (χ3v) is 6.12. The smallest absolute Gasteiger partial charge is 0.289 e. The molecule has 4 rings (SSSR count). The Kier molecular flexibility index (Phi) is 6.21. The van der Waals surface area contributed by atoms with E-state index in [2.05, 4.69) is 9.71 Å². The van der Waals surface area contributed by atoms with Crippen molar-refractivity contribution in [2.24, 2.45) is 0 Å². The van der Waals surface area contributed by atoms with Crippen LogP contribution in [0.15, 0.2) is 97.2 Å². The zero-order valence-electron chi connectivity index (χ0n) is 17.6. The van der Waals surface area contributed by atoms with Crippen molar-refractivity contribution < 1.29 is 12.8 Å². The highest BCUT2D eigenvalue weighted by molar-refractivity contribution is 7.88. The van der Waals surface area contributed by atoms with Crippen molar-refractivity contribution in [3.63, 3.8) is 0 Å². The van der Waals surface area contributed by atoms with Crippen molar-refractivity contribution >= 4 is 10.0 Å². The topological polar surface area (TPSA) is 64.0 Å². The summed E-state index contributed by atoms with van der Waals surface area (Å²) in [7, 11) is -3.33. The molecule has 164 valence electrons. The molecule has 1 N–H and O–H groups in total. The molecule has 32 heavy (non-hydrogen) atoms. The van der Waals surface area contributed by atoms with Crippen molar-refractivity contribution in [3.8, 4) is 0 Å². The zero-order valence-corrected chi connectivity index (χ0v) is 18.5. The molecule has 5 nitrogen and oxygen atoms in total. The Hall–Kier alpha value is -3.29. The predicted molar refractivity (Wildman–Crippen MR) is 123 cm³/mol. The molecule has 3 aromatic carbocycles. The van der Waals surface area contributed by atoms with Crippen LogP contribution in [0.25, 0.3) is 0 Å². The van der Waals surface area contributed by atoms with Gasteiger partial charge in [-0.1, -0.05) is 91.0 Å². The molecule has 7 heteroatoms. The van der Waals surface area contributed by atoms with Crippen LogP contribution in [-0.2, 0) is 22.0 Å². The van der Waals surface area contributed by atoms with Crippen molar-refractivity contribution in [1.82, 2.24) is 14.3 Å². The Morgan fingerprint density at radius 1 is 0.844 bits per heavy atom. The summed E-state index contributed by atoms with van der Waals surface area (Å²) in [4.78, 5) is 4.13. The summed E-state index contributed by atoms with van der Waals surface area (Å²) in [5, 5.41) is 0. The van der Waals surface area contributed by atoms with Gasteiger partial charge in [0.15, 0.2) is 0 Å². The number of aromatic nitrogens is 2. The number of nitrogens with one attached hydrogen (secondary N) is 1. The molecule has 0 fully saturated rings. The minimum absolute atomic E-state index is 0.143. The molecule has 0 saturated heterocycles. The molecule has 0 aliphatic carbocycles. The fourth-order valence-corrected chi connectivity index (χ4v) is 4.55. The first-order valence-corrected chi connectivity index (χ1v) is 12.2. The van der Waals surface area contributed by atoms with Gasteiger partial charge in [0.1, 0.15) is 5.54 Å². The fourth-order valence-electron chi connectivity index (χ4n) is 4.08. The van der Waals surface area contributed by atoms with Gasteiger partial charge in [-0.2, -0.15) is 4.39 Å². The van der Waals surface area contributed by atoms with E-state index in [9.17, 15) is 8.42 Å². The highest BCUT2D eigenvalue weighted by Gasteiger charge is 2.40. The monoisotopic (exact) mass is 449 g/mol. The van der Waals surface area contributed by atoms with E-state index in [1.165, 1.54) is 0 Å². The maximum absolute atomic E-state index is 15.5. The number of sulfonamides is 1. The second-order valence-corrected chi connectivity index (χ2v) is 9.43. The number of nitrogens with zero attached hydrogens (tertiary/aromatic N) is 2. The lowest BCUT2D eigenvalue weighted by molar-refractivity contribution is 0.397. The highest BCUT2D eigenvalue weighted by Crippen LogP contribution is 2.41. The second kappa shape index (κ2) is 9.06. The largest absolute Gasteiger partial charge is 0.290 e. The van der Waals surface area contributed by atoms with E-state index in [1.807, 2.05) is 91.0 Å². The van der Waals surface area contributed by atoms with Crippen LogP contribution in [0.4, 0.5) is 4.39 Å². The van der Waals surface area contributed by atoms with Gasteiger partial charge in [-0.05, 0) is 16.7 Å². The predicted octanol–water partition coefficient (Wildman–Crippen LogP) is 3.95. The molecule has 0 radical (unpaired) electrons. The normalized spacial score (nSPS) is 12.1. The molecule has 0 amide bonds. The SMILES string of the molecule is CS(=O)(=O)NCCc1cn(C(c2ccccc2)(c2ccccc2)c2ccccc2)c(F)n1. The summed E-state index contributed by atoms with van der Waals surface area (Å²) >= 11 is 0. The van der Waals surface area contributed by atoms with Crippen LogP contribution in [0.3, 0.4) is 0 Å². The molecule has 0 aliphatic heterocycles. The first-order valence-electron chi connectivity index (χ1n) is 10.3. The number of hydrogen-bond acceptors (Lipinski definition) is 3. The lowest BCUT2D eigenvalue weighted by atomic mass is 9.76. The molecule has 0 saturated carbocycles. The van der Waals surface area contributed by atoms with Gasteiger partial charge in [0, 0.05) is 19.2 Å². The molecule has 0 spiro atoms. The standard InChI is InChI=1S/C25H24FN3O2S/c1-32(30,31)27-18-17-23-19-29(24(26)28-23)25(20-11-5-2-6-12-20,21-13-7-3-8-14-21)22-15-9-4-10-16-22/h2-16,19,27H,17-18H2,1H3. The van der Waals surface area contributed by atoms with Crippen molar-refractivity contribution in [2.45, 2.75) is 12.0 Å². The zero-order chi connectivity index (χ0) is 22.6. The summed E-state index contributed by atoms with van der Waals surface area (Å²) < 4.78 is 42.3. The van der Waals surface area contributed by atoms with E-state index in [0.29, 0.717) is 5.69 Å². The van der Waals surface area contributed by atoms with Gasteiger partial charge < -0.3 is 0 Å².